The Morgan fingerprint density at radius 3 is 2.57 bits per heavy atom. The summed E-state index contributed by atoms with van der Waals surface area (Å²) in [5.74, 6) is -0.655. The molecule has 2 N–H and O–H groups in total. The quantitative estimate of drug-likeness (QED) is 0.270. The minimum absolute atomic E-state index is 0.0558. The van der Waals surface area contributed by atoms with Crippen molar-refractivity contribution in [1.82, 2.24) is 15.8 Å². The molecule has 0 spiro atoms. The van der Waals surface area contributed by atoms with Gasteiger partial charge in [-0.05, 0) is 42.5 Å². The van der Waals surface area contributed by atoms with Crippen molar-refractivity contribution in [2.45, 2.75) is 25.7 Å². The number of carbonyl (C=O) groups excluding carboxylic acids is 3. The van der Waals surface area contributed by atoms with Gasteiger partial charge >= 0.3 is 0 Å². The zero-order valence-electron chi connectivity index (χ0n) is 16.1. The van der Waals surface area contributed by atoms with Crippen LogP contribution < -0.4 is 10.9 Å². The number of nitrogens with one attached hydrogen (secondary N) is 2. The van der Waals surface area contributed by atoms with Crippen LogP contribution in [0.25, 0.3) is 6.08 Å². The molecule has 0 atom stereocenters. The molecule has 156 valence electrons. The predicted octanol–water partition coefficient (Wildman–Crippen LogP) is 3.97. The molecule has 3 rings (SSSR count). The van der Waals surface area contributed by atoms with E-state index in [0.717, 1.165) is 17.7 Å². The minimum Gasteiger partial charge on any atom is -0.293 e. The second kappa shape index (κ2) is 11.1. The van der Waals surface area contributed by atoms with E-state index in [9.17, 15) is 14.4 Å². The van der Waals surface area contributed by atoms with Crippen LogP contribution in [-0.4, -0.2) is 33.5 Å². The SMILES string of the molecule is O=C(CCCCCN1C(=O)C(=Cc2cccs2)SC1=S)NNC(=O)c1ccccc1. The van der Waals surface area contributed by atoms with Gasteiger partial charge in [0.05, 0.1) is 4.91 Å². The topological polar surface area (TPSA) is 78.5 Å². The highest BCUT2D eigenvalue weighted by atomic mass is 32.2. The van der Waals surface area contributed by atoms with E-state index in [1.807, 2.05) is 29.7 Å². The van der Waals surface area contributed by atoms with Crippen LogP contribution in [0.4, 0.5) is 0 Å². The van der Waals surface area contributed by atoms with Crippen LogP contribution in [0, 0.1) is 0 Å². The van der Waals surface area contributed by atoms with Crippen molar-refractivity contribution in [2.75, 3.05) is 6.54 Å². The number of unbranched alkanes of at least 4 members (excludes halogenated alkanes) is 2. The highest BCUT2D eigenvalue weighted by Gasteiger charge is 2.31. The van der Waals surface area contributed by atoms with Crippen molar-refractivity contribution in [3.05, 3.63) is 63.2 Å². The molecule has 0 radical (unpaired) electrons. The second-order valence-electron chi connectivity index (χ2n) is 6.53. The fourth-order valence-corrected chi connectivity index (χ4v) is 4.81. The van der Waals surface area contributed by atoms with E-state index in [1.54, 1.807) is 40.5 Å². The van der Waals surface area contributed by atoms with Crippen molar-refractivity contribution in [3.8, 4) is 0 Å². The normalized spacial score (nSPS) is 14.9. The molecule has 2 aromatic rings. The van der Waals surface area contributed by atoms with Crippen LogP contribution in [0.15, 0.2) is 52.7 Å². The van der Waals surface area contributed by atoms with E-state index in [1.165, 1.54) is 11.8 Å². The highest BCUT2D eigenvalue weighted by molar-refractivity contribution is 8.26. The Balaban J connectivity index is 1.33. The van der Waals surface area contributed by atoms with Gasteiger partial charge in [0.2, 0.25) is 5.91 Å². The summed E-state index contributed by atoms with van der Waals surface area (Å²) in [6, 6.07) is 12.6. The summed E-state index contributed by atoms with van der Waals surface area (Å²) in [4.78, 5) is 39.6. The molecule has 0 unspecified atom stereocenters. The molecular formula is C21H21N3O3S3. The number of amides is 3. The van der Waals surface area contributed by atoms with Crippen LogP contribution in [-0.2, 0) is 9.59 Å². The van der Waals surface area contributed by atoms with Crippen LogP contribution in [0.5, 0.6) is 0 Å². The average Bonchev–Trinajstić information content (AvgIpc) is 3.35. The lowest BCUT2D eigenvalue weighted by molar-refractivity contribution is -0.123. The second-order valence-corrected chi connectivity index (χ2v) is 9.18. The third-order valence-electron chi connectivity index (χ3n) is 4.33. The van der Waals surface area contributed by atoms with Crippen LogP contribution in [0.1, 0.15) is 40.9 Å². The third kappa shape index (κ3) is 6.25. The summed E-state index contributed by atoms with van der Waals surface area (Å²) in [5, 5.41) is 1.97. The molecule has 2 heterocycles. The maximum absolute atomic E-state index is 12.5. The molecule has 1 aromatic carbocycles. The molecule has 6 nitrogen and oxygen atoms in total. The Morgan fingerprint density at radius 1 is 1.03 bits per heavy atom. The third-order valence-corrected chi connectivity index (χ3v) is 6.52. The average molecular weight is 460 g/mol. The van der Waals surface area contributed by atoms with Crippen molar-refractivity contribution >= 4 is 63.4 Å². The van der Waals surface area contributed by atoms with Gasteiger partial charge in [-0.15, -0.1) is 11.3 Å². The minimum atomic E-state index is -0.353. The predicted molar refractivity (Wildman–Crippen MR) is 125 cm³/mol. The number of hydrogen-bond donors (Lipinski definition) is 2. The first-order valence-electron chi connectivity index (χ1n) is 9.47. The Kier molecular flexibility index (Phi) is 8.18. The lowest BCUT2D eigenvalue weighted by atomic mass is 10.2. The van der Waals surface area contributed by atoms with E-state index in [-0.39, 0.29) is 17.7 Å². The molecular weight excluding hydrogens is 438 g/mol. The standard InChI is InChI=1S/C21H21N3O3S3/c25-18(22-23-19(26)15-8-3-1-4-9-15)11-5-2-6-12-24-20(27)17(30-21(24)28)14-16-10-7-13-29-16/h1,3-4,7-10,13-14H,2,5-6,11-12H2,(H,22,25)(H,23,26). The zero-order chi connectivity index (χ0) is 21.3. The molecule has 1 saturated heterocycles. The molecule has 0 aliphatic carbocycles. The smallest absolute Gasteiger partial charge is 0.269 e. The van der Waals surface area contributed by atoms with E-state index < -0.39 is 0 Å². The highest BCUT2D eigenvalue weighted by Crippen LogP contribution is 2.33. The molecule has 1 aliphatic heterocycles. The largest absolute Gasteiger partial charge is 0.293 e. The Hall–Kier alpha value is -2.49. The molecule has 1 aromatic heterocycles. The fraction of sp³-hybridized carbons (Fsp3) is 0.238. The molecule has 0 saturated carbocycles. The summed E-state index contributed by atoms with van der Waals surface area (Å²) in [6.07, 6.45) is 4.36. The van der Waals surface area contributed by atoms with Gasteiger partial charge in [-0.25, -0.2) is 0 Å². The zero-order valence-corrected chi connectivity index (χ0v) is 18.6. The summed E-state index contributed by atoms with van der Waals surface area (Å²) in [5.41, 5.74) is 5.30. The first kappa shape index (κ1) is 22.2. The van der Waals surface area contributed by atoms with Gasteiger partial charge in [-0.3, -0.25) is 30.1 Å². The lowest BCUT2D eigenvalue weighted by Gasteiger charge is -2.14. The van der Waals surface area contributed by atoms with E-state index in [0.29, 0.717) is 34.2 Å². The molecule has 1 aliphatic rings. The maximum atomic E-state index is 12.5. The number of nitrogens with zero attached hydrogens (tertiary/aromatic N) is 1. The first-order valence-corrected chi connectivity index (χ1v) is 11.6. The summed E-state index contributed by atoms with van der Waals surface area (Å²) in [7, 11) is 0. The van der Waals surface area contributed by atoms with Gasteiger partial charge < -0.3 is 0 Å². The van der Waals surface area contributed by atoms with Gasteiger partial charge in [0.1, 0.15) is 4.32 Å². The van der Waals surface area contributed by atoms with E-state index in [4.69, 9.17) is 12.2 Å². The Morgan fingerprint density at radius 2 is 1.83 bits per heavy atom. The van der Waals surface area contributed by atoms with Crippen molar-refractivity contribution < 1.29 is 14.4 Å². The van der Waals surface area contributed by atoms with Crippen LogP contribution in [0.3, 0.4) is 0 Å². The van der Waals surface area contributed by atoms with Crippen molar-refractivity contribution in [2.24, 2.45) is 0 Å². The van der Waals surface area contributed by atoms with Gasteiger partial charge in [-0.1, -0.05) is 54.7 Å². The fourth-order valence-electron chi connectivity index (χ4n) is 2.78. The molecule has 1 fully saturated rings. The lowest BCUT2D eigenvalue weighted by Crippen LogP contribution is -2.41. The van der Waals surface area contributed by atoms with Crippen LogP contribution in [0.2, 0.25) is 0 Å². The molecule has 30 heavy (non-hydrogen) atoms. The Bertz CT molecular complexity index is 943. The number of hydrogen-bond acceptors (Lipinski definition) is 6. The summed E-state index contributed by atoms with van der Waals surface area (Å²) >= 11 is 8.24. The Labute approximate surface area is 188 Å². The van der Waals surface area contributed by atoms with Crippen molar-refractivity contribution in [1.29, 1.82) is 0 Å². The van der Waals surface area contributed by atoms with Crippen LogP contribution >= 0.6 is 35.3 Å². The number of thioether (sulfide) groups is 1. The van der Waals surface area contributed by atoms with Gasteiger partial charge in [-0.2, -0.15) is 0 Å². The maximum Gasteiger partial charge on any atom is 0.269 e. The number of carbonyl (C=O) groups is 3. The number of thiophene rings is 1. The summed E-state index contributed by atoms with van der Waals surface area (Å²) in [6.45, 7) is 0.540. The summed E-state index contributed by atoms with van der Waals surface area (Å²) < 4.78 is 0.573. The molecule has 3 amide bonds. The number of hydrazine groups is 1. The van der Waals surface area contributed by atoms with Gasteiger partial charge in [0.15, 0.2) is 0 Å². The first-order chi connectivity index (χ1) is 14.5. The molecule has 0 bridgehead atoms. The molecule has 9 heteroatoms. The van der Waals surface area contributed by atoms with E-state index >= 15 is 0 Å². The van der Waals surface area contributed by atoms with Crippen molar-refractivity contribution in [3.63, 3.8) is 0 Å². The number of thiocarbonyl (C=S) groups is 1. The monoisotopic (exact) mass is 459 g/mol. The van der Waals surface area contributed by atoms with Gasteiger partial charge in [0.25, 0.3) is 11.8 Å². The number of benzene rings is 1. The van der Waals surface area contributed by atoms with E-state index in [2.05, 4.69) is 10.9 Å². The number of rotatable bonds is 8. The van der Waals surface area contributed by atoms with Gasteiger partial charge in [0, 0.05) is 23.4 Å².